The molecule has 0 N–H and O–H groups in total. The molecule has 3 rings (SSSR count). The third-order valence-corrected chi connectivity index (χ3v) is 4.03. The number of amides is 1. The predicted molar refractivity (Wildman–Crippen MR) is 67.3 cm³/mol. The number of carbonyl (C=O) groups is 2. The van der Waals surface area contributed by atoms with E-state index in [-0.39, 0.29) is 11.9 Å². The van der Waals surface area contributed by atoms with Gasteiger partial charge >= 0.3 is 5.97 Å². The topological polar surface area (TPSA) is 59.5 Å². The summed E-state index contributed by atoms with van der Waals surface area (Å²) >= 11 is 0. The molecule has 5 heteroatoms. The third-order valence-electron chi connectivity index (χ3n) is 4.03. The summed E-state index contributed by atoms with van der Waals surface area (Å²) < 4.78 is 5.16. The van der Waals surface area contributed by atoms with Crippen LogP contribution in [0, 0.1) is 0 Å². The van der Waals surface area contributed by atoms with Gasteiger partial charge in [0.1, 0.15) is 5.54 Å². The average molecular weight is 260 g/mol. The highest BCUT2D eigenvalue weighted by molar-refractivity contribution is 6.01. The van der Waals surface area contributed by atoms with E-state index in [1.165, 1.54) is 0 Å². The fourth-order valence-corrected chi connectivity index (χ4v) is 2.83. The molecule has 0 aromatic carbocycles. The lowest BCUT2D eigenvalue weighted by atomic mass is 9.75. The molecule has 5 nitrogen and oxygen atoms in total. The number of rotatable bonds is 3. The van der Waals surface area contributed by atoms with Gasteiger partial charge in [0.05, 0.1) is 24.4 Å². The van der Waals surface area contributed by atoms with Crippen molar-refractivity contribution in [3.8, 4) is 0 Å². The Hall–Kier alpha value is -1.91. The van der Waals surface area contributed by atoms with Crippen molar-refractivity contribution >= 4 is 11.9 Å². The van der Waals surface area contributed by atoms with E-state index in [2.05, 4.69) is 4.98 Å². The van der Waals surface area contributed by atoms with Crippen LogP contribution < -0.4 is 0 Å². The zero-order valence-corrected chi connectivity index (χ0v) is 10.9. The standard InChI is InChI=1S/C14H16N2O3/c1-2-19-13(18)14(6-4-7-14)16-9-11-10(12(16)17)5-3-8-15-11/h3,5,8H,2,4,6-7,9H2,1H3. The molecule has 0 unspecified atom stereocenters. The Bertz CT molecular complexity index is 537. The van der Waals surface area contributed by atoms with Crippen LogP contribution >= 0.6 is 0 Å². The highest BCUT2D eigenvalue weighted by Gasteiger charge is 2.54. The van der Waals surface area contributed by atoms with Crippen LogP contribution in [0.25, 0.3) is 0 Å². The summed E-state index contributed by atoms with van der Waals surface area (Å²) in [6, 6.07) is 3.51. The first kappa shape index (κ1) is 12.1. The lowest BCUT2D eigenvalue weighted by molar-refractivity contribution is -0.162. The summed E-state index contributed by atoms with van der Waals surface area (Å²) in [7, 11) is 0. The second-order valence-electron chi connectivity index (χ2n) is 4.99. The Morgan fingerprint density at radius 3 is 2.89 bits per heavy atom. The molecule has 1 amide bonds. The number of aromatic nitrogens is 1. The number of nitrogens with zero attached hydrogens (tertiary/aromatic N) is 2. The van der Waals surface area contributed by atoms with Gasteiger partial charge in [0, 0.05) is 6.20 Å². The van der Waals surface area contributed by atoms with Gasteiger partial charge in [-0.2, -0.15) is 0 Å². The van der Waals surface area contributed by atoms with Crippen molar-refractivity contribution in [3.63, 3.8) is 0 Å². The van der Waals surface area contributed by atoms with Crippen molar-refractivity contribution in [1.82, 2.24) is 9.88 Å². The van der Waals surface area contributed by atoms with E-state index in [1.807, 2.05) is 0 Å². The lowest BCUT2D eigenvalue weighted by Gasteiger charge is -2.45. The molecule has 0 spiro atoms. The molecule has 100 valence electrons. The van der Waals surface area contributed by atoms with E-state index < -0.39 is 5.54 Å². The van der Waals surface area contributed by atoms with Gasteiger partial charge in [-0.1, -0.05) is 0 Å². The molecular weight excluding hydrogens is 244 g/mol. The second kappa shape index (κ2) is 4.33. The number of hydrogen-bond donors (Lipinski definition) is 0. The van der Waals surface area contributed by atoms with Gasteiger partial charge in [-0.05, 0) is 38.3 Å². The van der Waals surface area contributed by atoms with Gasteiger partial charge in [0.2, 0.25) is 0 Å². The smallest absolute Gasteiger partial charge is 0.332 e. The summed E-state index contributed by atoms with van der Waals surface area (Å²) in [4.78, 5) is 30.5. The molecule has 0 bridgehead atoms. The highest BCUT2D eigenvalue weighted by Crippen LogP contribution is 2.42. The van der Waals surface area contributed by atoms with Gasteiger partial charge in [-0.15, -0.1) is 0 Å². The number of fused-ring (bicyclic) bond motifs is 1. The van der Waals surface area contributed by atoms with Crippen LogP contribution in [-0.2, 0) is 16.1 Å². The normalized spacial score (nSPS) is 19.8. The molecule has 1 aromatic rings. The fourth-order valence-electron chi connectivity index (χ4n) is 2.83. The van der Waals surface area contributed by atoms with Crippen LogP contribution in [0.4, 0.5) is 0 Å². The zero-order chi connectivity index (χ0) is 13.5. The number of carbonyl (C=O) groups excluding carboxylic acids is 2. The molecular formula is C14H16N2O3. The molecule has 2 heterocycles. The highest BCUT2D eigenvalue weighted by atomic mass is 16.5. The van der Waals surface area contributed by atoms with Gasteiger partial charge in [-0.3, -0.25) is 9.78 Å². The maximum absolute atomic E-state index is 12.4. The summed E-state index contributed by atoms with van der Waals surface area (Å²) in [5.74, 6) is -0.377. The average Bonchev–Trinajstić information content (AvgIpc) is 2.67. The van der Waals surface area contributed by atoms with Gasteiger partial charge in [-0.25, -0.2) is 4.79 Å². The van der Waals surface area contributed by atoms with E-state index in [9.17, 15) is 9.59 Å². The van der Waals surface area contributed by atoms with E-state index >= 15 is 0 Å². The maximum atomic E-state index is 12.4. The summed E-state index contributed by atoms with van der Waals surface area (Å²) in [6.45, 7) is 2.54. The maximum Gasteiger partial charge on any atom is 0.332 e. The van der Waals surface area contributed by atoms with Crippen molar-refractivity contribution in [1.29, 1.82) is 0 Å². The van der Waals surface area contributed by atoms with Gasteiger partial charge < -0.3 is 9.64 Å². The van der Waals surface area contributed by atoms with Crippen LogP contribution in [0.3, 0.4) is 0 Å². The largest absolute Gasteiger partial charge is 0.464 e. The zero-order valence-electron chi connectivity index (χ0n) is 10.9. The van der Waals surface area contributed by atoms with E-state index in [0.29, 0.717) is 31.6 Å². The fraction of sp³-hybridized carbons (Fsp3) is 0.500. The first-order chi connectivity index (χ1) is 9.19. The van der Waals surface area contributed by atoms with Crippen LogP contribution in [-0.4, -0.2) is 33.9 Å². The lowest BCUT2D eigenvalue weighted by Crippen LogP contribution is -2.59. The first-order valence-corrected chi connectivity index (χ1v) is 6.62. The molecule has 1 fully saturated rings. The summed E-state index contributed by atoms with van der Waals surface area (Å²) in [5, 5.41) is 0. The predicted octanol–water partition coefficient (Wildman–Crippen LogP) is 1.52. The quantitative estimate of drug-likeness (QED) is 0.773. The summed E-state index contributed by atoms with van der Waals surface area (Å²) in [6.07, 6.45) is 4.00. The Morgan fingerprint density at radius 1 is 1.53 bits per heavy atom. The van der Waals surface area contributed by atoms with E-state index in [0.717, 1.165) is 12.1 Å². The Balaban J connectivity index is 1.91. The summed E-state index contributed by atoms with van der Waals surface area (Å²) in [5.41, 5.74) is 0.606. The third kappa shape index (κ3) is 1.64. The Morgan fingerprint density at radius 2 is 2.32 bits per heavy atom. The molecule has 19 heavy (non-hydrogen) atoms. The van der Waals surface area contributed by atoms with Crippen LogP contribution in [0.2, 0.25) is 0 Å². The number of ether oxygens (including phenoxy) is 1. The molecule has 2 aliphatic rings. The Labute approximate surface area is 111 Å². The molecule has 1 aromatic heterocycles. The van der Waals surface area contributed by atoms with Gasteiger partial charge in [0.25, 0.3) is 5.91 Å². The number of hydrogen-bond acceptors (Lipinski definition) is 4. The van der Waals surface area contributed by atoms with E-state index in [4.69, 9.17) is 4.74 Å². The van der Waals surface area contributed by atoms with Crippen molar-refractivity contribution in [3.05, 3.63) is 29.6 Å². The van der Waals surface area contributed by atoms with Crippen molar-refractivity contribution in [2.45, 2.75) is 38.3 Å². The molecule has 1 saturated carbocycles. The minimum absolute atomic E-state index is 0.101. The molecule has 0 atom stereocenters. The van der Waals surface area contributed by atoms with Crippen molar-refractivity contribution in [2.24, 2.45) is 0 Å². The van der Waals surface area contributed by atoms with E-state index in [1.54, 1.807) is 30.2 Å². The van der Waals surface area contributed by atoms with Crippen LogP contribution in [0.15, 0.2) is 18.3 Å². The number of pyridine rings is 1. The first-order valence-electron chi connectivity index (χ1n) is 6.62. The minimum atomic E-state index is -0.756. The minimum Gasteiger partial charge on any atom is -0.464 e. The monoisotopic (exact) mass is 260 g/mol. The van der Waals surface area contributed by atoms with Crippen molar-refractivity contribution in [2.75, 3.05) is 6.61 Å². The SMILES string of the molecule is CCOC(=O)C1(N2Cc3ncccc3C2=O)CCC1. The second-order valence-corrected chi connectivity index (χ2v) is 4.99. The molecule has 1 aliphatic carbocycles. The Kier molecular flexibility index (Phi) is 2.77. The van der Waals surface area contributed by atoms with Crippen LogP contribution in [0.1, 0.15) is 42.2 Å². The van der Waals surface area contributed by atoms with Crippen LogP contribution in [0.5, 0.6) is 0 Å². The van der Waals surface area contributed by atoms with Crippen molar-refractivity contribution < 1.29 is 14.3 Å². The number of esters is 1. The van der Waals surface area contributed by atoms with Gasteiger partial charge in [0.15, 0.2) is 0 Å². The molecule has 0 saturated heterocycles. The molecule has 1 aliphatic heterocycles. The molecule has 0 radical (unpaired) electrons.